The van der Waals surface area contributed by atoms with Gasteiger partial charge in [-0.25, -0.2) is 0 Å². The summed E-state index contributed by atoms with van der Waals surface area (Å²) in [7, 11) is 1.33. The minimum atomic E-state index is -0.647. The molecule has 7 heteroatoms. The third-order valence-electron chi connectivity index (χ3n) is 4.71. The first-order chi connectivity index (χ1) is 13.2. The van der Waals surface area contributed by atoms with Crippen molar-refractivity contribution in [3.8, 4) is 5.75 Å². The fourth-order valence-corrected chi connectivity index (χ4v) is 3.10. The molecule has 27 heavy (non-hydrogen) atoms. The van der Waals surface area contributed by atoms with Crippen molar-refractivity contribution >= 4 is 17.3 Å². The lowest BCUT2D eigenvalue weighted by molar-refractivity contribution is -0.142. The number of benzene rings is 1. The molecule has 3 rings (SSSR count). The van der Waals surface area contributed by atoms with Crippen molar-refractivity contribution in [3.05, 3.63) is 48.8 Å². The van der Waals surface area contributed by atoms with Crippen molar-refractivity contribution in [2.75, 3.05) is 49.7 Å². The molecule has 0 amide bonds. The van der Waals surface area contributed by atoms with Crippen LogP contribution in [0.25, 0.3) is 0 Å². The summed E-state index contributed by atoms with van der Waals surface area (Å²) >= 11 is 0. The van der Waals surface area contributed by atoms with Crippen LogP contribution >= 0.6 is 0 Å². The predicted octanol–water partition coefficient (Wildman–Crippen LogP) is 1.68. The molecule has 2 N–H and O–H groups in total. The lowest BCUT2D eigenvalue weighted by Gasteiger charge is -2.37. The molecule has 0 aliphatic carbocycles. The molecule has 1 unspecified atom stereocenters. The van der Waals surface area contributed by atoms with Crippen LogP contribution < -0.4 is 20.3 Å². The lowest BCUT2D eigenvalue weighted by Crippen LogP contribution is -2.46. The molecule has 144 valence electrons. The number of hydrogen-bond acceptors (Lipinski definition) is 7. The van der Waals surface area contributed by atoms with Crippen molar-refractivity contribution in [3.63, 3.8) is 0 Å². The molecular weight excluding hydrogens is 344 g/mol. The minimum absolute atomic E-state index is 0.375. The molecule has 1 atom stereocenters. The van der Waals surface area contributed by atoms with E-state index in [1.165, 1.54) is 18.5 Å². The zero-order valence-corrected chi connectivity index (χ0v) is 15.6. The van der Waals surface area contributed by atoms with Crippen molar-refractivity contribution < 1.29 is 14.3 Å². The molecular formula is C20H26N4O3. The normalized spacial score (nSPS) is 15.3. The van der Waals surface area contributed by atoms with E-state index in [0.29, 0.717) is 13.0 Å². The third kappa shape index (κ3) is 5.10. The van der Waals surface area contributed by atoms with Gasteiger partial charge in [-0.3, -0.25) is 9.78 Å². The molecule has 0 bridgehead atoms. The maximum atomic E-state index is 11.3. The Morgan fingerprint density at radius 1 is 1.04 bits per heavy atom. The Bertz CT molecular complexity index is 716. The highest BCUT2D eigenvalue weighted by Crippen LogP contribution is 2.22. The van der Waals surface area contributed by atoms with E-state index >= 15 is 0 Å². The number of carbonyl (C=O) groups excluding carboxylic acids is 1. The summed E-state index contributed by atoms with van der Waals surface area (Å²) in [6, 6.07) is 11.5. The van der Waals surface area contributed by atoms with Crippen molar-refractivity contribution in [1.82, 2.24) is 4.98 Å². The summed E-state index contributed by atoms with van der Waals surface area (Å²) < 4.78 is 10.3. The average Bonchev–Trinajstić information content (AvgIpc) is 2.74. The van der Waals surface area contributed by atoms with Gasteiger partial charge in [0, 0.05) is 56.4 Å². The van der Waals surface area contributed by atoms with Gasteiger partial charge in [-0.15, -0.1) is 0 Å². The number of anilines is 2. The van der Waals surface area contributed by atoms with Crippen LogP contribution in [0.5, 0.6) is 5.75 Å². The summed E-state index contributed by atoms with van der Waals surface area (Å²) in [5.41, 5.74) is 8.10. The summed E-state index contributed by atoms with van der Waals surface area (Å²) in [5.74, 6) is 0.353. The molecule has 1 aliphatic rings. The number of hydrogen-bond donors (Lipinski definition) is 1. The number of rotatable bonds is 7. The Morgan fingerprint density at radius 2 is 1.59 bits per heavy atom. The highest BCUT2D eigenvalue weighted by Gasteiger charge is 2.17. The maximum Gasteiger partial charge on any atom is 0.322 e. The van der Waals surface area contributed by atoms with E-state index in [2.05, 4.69) is 31.7 Å². The van der Waals surface area contributed by atoms with E-state index in [0.717, 1.165) is 31.9 Å². The number of methoxy groups -OCH3 is 1. The number of aromatic nitrogens is 1. The van der Waals surface area contributed by atoms with Crippen LogP contribution in [-0.4, -0.2) is 56.9 Å². The van der Waals surface area contributed by atoms with Gasteiger partial charge in [0.2, 0.25) is 0 Å². The van der Waals surface area contributed by atoms with Gasteiger partial charge in [0.25, 0.3) is 0 Å². The highest BCUT2D eigenvalue weighted by atomic mass is 16.5. The van der Waals surface area contributed by atoms with Gasteiger partial charge in [-0.2, -0.15) is 0 Å². The van der Waals surface area contributed by atoms with Crippen molar-refractivity contribution in [2.24, 2.45) is 5.73 Å². The fraction of sp³-hybridized carbons (Fsp3) is 0.400. The molecule has 2 aromatic rings. The van der Waals surface area contributed by atoms with E-state index in [1.54, 1.807) is 0 Å². The van der Waals surface area contributed by atoms with Crippen LogP contribution in [0.15, 0.2) is 48.8 Å². The largest absolute Gasteiger partial charge is 0.494 e. The fourth-order valence-electron chi connectivity index (χ4n) is 3.10. The quantitative estimate of drug-likeness (QED) is 0.743. The number of nitrogens with zero attached hydrogens (tertiary/aromatic N) is 3. The number of nitrogens with two attached hydrogens (primary N) is 1. The number of pyridine rings is 1. The maximum absolute atomic E-state index is 11.3. The molecule has 0 spiro atoms. The van der Waals surface area contributed by atoms with Gasteiger partial charge < -0.3 is 25.0 Å². The van der Waals surface area contributed by atoms with Gasteiger partial charge in [0.05, 0.1) is 13.7 Å². The number of esters is 1. The molecule has 1 aromatic carbocycles. The zero-order chi connectivity index (χ0) is 19.1. The molecule has 2 heterocycles. The zero-order valence-electron chi connectivity index (χ0n) is 15.6. The first kappa shape index (κ1) is 19.0. The van der Waals surface area contributed by atoms with Gasteiger partial charge in [0.15, 0.2) is 0 Å². The molecule has 7 nitrogen and oxygen atoms in total. The van der Waals surface area contributed by atoms with Gasteiger partial charge in [0.1, 0.15) is 11.8 Å². The van der Waals surface area contributed by atoms with Gasteiger partial charge in [-0.1, -0.05) is 0 Å². The second-order valence-electron chi connectivity index (χ2n) is 6.44. The van der Waals surface area contributed by atoms with E-state index < -0.39 is 12.0 Å². The SMILES string of the molecule is COC(=O)C(N)CCOc1ccc(N2CCN(c3ccncc3)CC2)cc1. The smallest absolute Gasteiger partial charge is 0.322 e. The Labute approximate surface area is 159 Å². The topological polar surface area (TPSA) is 80.9 Å². The summed E-state index contributed by atoms with van der Waals surface area (Å²) in [6.45, 7) is 4.27. The molecule has 1 aliphatic heterocycles. The van der Waals surface area contributed by atoms with E-state index in [4.69, 9.17) is 10.5 Å². The Hall–Kier alpha value is -2.80. The molecule has 0 saturated carbocycles. The standard InChI is InChI=1S/C20H26N4O3/c1-26-20(25)19(21)8-15-27-18-4-2-16(3-5-18)23-11-13-24(14-12-23)17-6-9-22-10-7-17/h2-7,9-10,19H,8,11-15,21H2,1H3. The number of ether oxygens (including phenoxy) is 2. The van der Waals surface area contributed by atoms with E-state index in [1.807, 2.05) is 36.7 Å². The van der Waals surface area contributed by atoms with Crippen LogP contribution in [0, 0.1) is 0 Å². The molecule has 1 fully saturated rings. The lowest BCUT2D eigenvalue weighted by atomic mass is 10.2. The Kier molecular flexibility index (Phi) is 6.49. The van der Waals surface area contributed by atoms with Crippen LogP contribution in [0.2, 0.25) is 0 Å². The highest BCUT2D eigenvalue weighted by molar-refractivity contribution is 5.75. The van der Waals surface area contributed by atoms with Crippen molar-refractivity contribution in [2.45, 2.75) is 12.5 Å². The van der Waals surface area contributed by atoms with Crippen molar-refractivity contribution in [1.29, 1.82) is 0 Å². The number of piperazine rings is 1. The Balaban J connectivity index is 1.46. The second-order valence-corrected chi connectivity index (χ2v) is 6.44. The number of carbonyl (C=O) groups is 1. The second kappa shape index (κ2) is 9.23. The average molecular weight is 370 g/mol. The van der Waals surface area contributed by atoms with Crippen LogP contribution in [0.4, 0.5) is 11.4 Å². The van der Waals surface area contributed by atoms with E-state index in [-0.39, 0.29) is 0 Å². The van der Waals surface area contributed by atoms with Gasteiger partial charge in [-0.05, 0) is 36.4 Å². The van der Waals surface area contributed by atoms with E-state index in [9.17, 15) is 4.79 Å². The third-order valence-corrected chi connectivity index (χ3v) is 4.71. The summed E-state index contributed by atoms with van der Waals surface area (Å²) in [4.78, 5) is 20.1. The first-order valence-corrected chi connectivity index (χ1v) is 9.13. The van der Waals surface area contributed by atoms with Gasteiger partial charge >= 0.3 is 5.97 Å². The predicted molar refractivity (Wildman–Crippen MR) is 105 cm³/mol. The minimum Gasteiger partial charge on any atom is -0.494 e. The van der Waals surface area contributed by atoms with Crippen LogP contribution in [0.1, 0.15) is 6.42 Å². The molecule has 1 aromatic heterocycles. The summed E-state index contributed by atoms with van der Waals surface area (Å²) in [5, 5.41) is 0. The first-order valence-electron chi connectivity index (χ1n) is 9.13. The van der Waals surface area contributed by atoms with Crippen LogP contribution in [-0.2, 0) is 9.53 Å². The van der Waals surface area contributed by atoms with Crippen LogP contribution in [0.3, 0.4) is 0 Å². The Morgan fingerprint density at radius 3 is 2.15 bits per heavy atom. The molecule has 0 radical (unpaired) electrons. The monoisotopic (exact) mass is 370 g/mol. The summed E-state index contributed by atoms with van der Waals surface area (Å²) in [6.07, 6.45) is 4.09. The molecule has 1 saturated heterocycles.